The lowest BCUT2D eigenvalue weighted by atomic mass is 9.77. The SMILES string of the molecule is CCCN1/C(=C/C=C/C=C/C2=[N+](CCCS(=O)(=O)O)c3ccccc3C2(C)C)C(C)(CCCCCC(=O)ON2C(=O)CCC2=O)c2cc(S(=O)(=O)O)ccc21. The van der Waals surface area contributed by atoms with E-state index in [-0.39, 0.29) is 41.7 Å². The van der Waals surface area contributed by atoms with E-state index in [2.05, 4.69) is 36.3 Å². The van der Waals surface area contributed by atoms with Gasteiger partial charge in [-0.05, 0) is 69.9 Å². The fraction of sp³-hybridized carbons (Fsp3) is 0.450. The molecule has 1 atom stereocenters. The van der Waals surface area contributed by atoms with Crippen LogP contribution in [0.4, 0.5) is 11.4 Å². The molecule has 3 aliphatic heterocycles. The van der Waals surface area contributed by atoms with Gasteiger partial charge in [0.1, 0.15) is 6.54 Å². The second-order valence-corrected chi connectivity index (χ2v) is 17.9. The molecule has 5 rings (SSSR count). The summed E-state index contributed by atoms with van der Waals surface area (Å²) in [6, 6.07) is 12.6. The molecular weight excluding hydrogens is 747 g/mol. The summed E-state index contributed by atoms with van der Waals surface area (Å²) in [5.41, 5.74) is 4.59. The molecule has 2 aromatic rings. The van der Waals surface area contributed by atoms with E-state index in [4.69, 9.17) is 4.84 Å². The Bertz CT molecular complexity index is 2170. The first-order valence-corrected chi connectivity index (χ1v) is 21.6. The molecule has 13 nitrogen and oxygen atoms in total. The molecule has 0 saturated carbocycles. The highest BCUT2D eigenvalue weighted by molar-refractivity contribution is 7.86. The van der Waals surface area contributed by atoms with Crippen molar-refractivity contribution in [2.24, 2.45) is 0 Å². The van der Waals surface area contributed by atoms with Crippen LogP contribution in [0.1, 0.15) is 96.6 Å². The molecule has 0 spiro atoms. The average molecular weight is 797 g/mol. The van der Waals surface area contributed by atoms with Gasteiger partial charge >= 0.3 is 5.97 Å². The molecule has 1 saturated heterocycles. The number of anilines is 1. The first-order valence-electron chi connectivity index (χ1n) is 18.6. The van der Waals surface area contributed by atoms with Crippen LogP contribution in [-0.4, -0.2) is 77.9 Å². The number of fused-ring (bicyclic) bond motifs is 2. The van der Waals surface area contributed by atoms with E-state index in [9.17, 15) is 40.3 Å². The number of hydroxylamine groups is 2. The van der Waals surface area contributed by atoms with E-state index in [1.165, 1.54) is 12.1 Å². The third kappa shape index (κ3) is 9.34. The van der Waals surface area contributed by atoms with Crippen molar-refractivity contribution in [2.75, 3.05) is 23.7 Å². The molecule has 296 valence electrons. The van der Waals surface area contributed by atoms with Crippen molar-refractivity contribution in [1.29, 1.82) is 0 Å². The van der Waals surface area contributed by atoms with Crippen molar-refractivity contribution in [2.45, 2.75) is 101 Å². The van der Waals surface area contributed by atoms with Crippen LogP contribution in [0.3, 0.4) is 0 Å². The van der Waals surface area contributed by atoms with Crippen molar-refractivity contribution in [3.8, 4) is 0 Å². The standard InChI is InChI=1S/C40H49N3O10S2/c1-5-25-41-33-21-20-29(55(50,51)52)28-31(33)40(4,24-13-7-10-19-38(46)53-43-36(44)22-23-37(43)45)35(41)18-9-6-8-17-34-39(2,3)30-15-11-12-16-32(30)42(34)26-14-27-54(47,48)49/h6,8-9,11-12,15-18,20-21,28H,5,7,10,13-14,19,22-27H2,1-4H3,(H-,47,48,49,50,51,52)/p+1. The Hall–Kier alpha value is -4.44. The predicted molar refractivity (Wildman–Crippen MR) is 208 cm³/mol. The van der Waals surface area contributed by atoms with Crippen molar-refractivity contribution in [1.82, 2.24) is 5.06 Å². The Morgan fingerprint density at radius 3 is 2.29 bits per heavy atom. The van der Waals surface area contributed by atoms with Crippen LogP contribution in [0, 0.1) is 0 Å². The second-order valence-electron chi connectivity index (χ2n) is 14.9. The van der Waals surface area contributed by atoms with E-state index in [0.717, 1.165) is 40.3 Å². The van der Waals surface area contributed by atoms with E-state index >= 15 is 0 Å². The number of rotatable bonds is 17. The van der Waals surface area contributed by atoms with Crippen molar-refractivity contribution in [3.63, 3.8) is 0 Å². The van der Waals surface area contributed by atoms with Gasteiger partial charge in [-0.25, -0.2) is 4.79 Å². The van der Waals surface area contributed by atoms with Gasteiger partial charge in [-0.1, -0.05) is 56.2 Å². The van der Waals surface area contributed by atoms with Crippen LogP contribution < -0.4 is 4.90 Å². The highest BCUT2D eigenvalue weighted by atomic mass is 32.2. The monoisotopic (exact) mass is 796 g/mol. The Morgan fingerprint density at radius 2 is 1.62 bits per heavy atom. The predicted octanol–water partition coefficient (Wildman–Crippen LogP) is 6.33. The maximum Gasteiger partial charge on any atom is 0.333 e. The summed E-state index contributed by atoms with van der Waals surface area (Å²) >= 11 is 0. The van der Waals surface area contributed by atoms with Gasteiger partial charge in [0.05, 0.1) is 16.1 Å². The molecule has 3 aliphatic rings. The number of hydrogen-bond acceptors (Lipinski definition) is 9. The quantitative estimate of drug-likeness (QED) is 0.0601. The summed E-state index contributed by atoms with van der Waals surface area (Å²) in [4.78, 5) is 43.0. The highest BCUT2D eigenvalue weighted by Gasteiger charge is 2.45. The van der Waals surface area contributed by atoms with Crippen LogP contribution in [0.5, 0.6) is 0 Å². The molecule has 0 radical (unpaired) electrons. The third-order valence-electron chi connectivity index (χ3n) is 10.5. The Labute approximate surface area is 323 Å². The molecule has 2 N–H and O–H groups in total. The smallest absolute Gasteiger partial charge is 0.333 e. The summed E-state index contributed by atoms with van der Waals surface area (Å²) in [5, 5.41) is 0.545. The third-order valence-corrected chi connectivity index (χ3v) is 12.2. The number of benzene rings is 2. The zero-order valence-corrected chi connectivity index (χ0v) is 33.4. The number of carbonyl (C=O) groups excluding carboxylic acids is 3. The van der Waals surface area contributed by atoms with Gasteiger partial charge in [0.25, 0.3) is 32.1 Å². The maximum atomic E-state index is 12.4. The number of unbranched alkanes of at least 4 members (excludes halogenated alkanes) is 2. The van der Waals surface area contributed by atoms with Crippen LogP contribution in [0.25, 0.3) is 0 Å². The van der Waals surface area contributed by atoms with Gasteiger partial charge in [0, 0.05) is 66.7 Å². The number of allylic oxidation sites excluding steroid dienone is 6. The van der Waals surface area contributed by atoms with Gasteiger partial charge in [-0.15, -0.1) is 5.06 Å². The van der Waals surface area contributed by atoms with Crippen LogP contribution in [0.15, 0.2) is 83.4 Å². The maximum absolute atomic E-state index is 12.4. The van der Waals surface area contributed by atoms with Gasteiger partial charge in [0.2, 0.25) is 5.69 Å². The number of nitrogens with zero attached hydrogens (tertiary/aromatic N) is 3. The van der Waals surface area contributed by atoms with Gasteiger partial charge in [0.15, 0.2) is 5.71 Å². The Morgan fingerprint density at radius 1 is 0.909 bits per heavy atom. The largest absolute Gasteiger partial charge is 0.344 e. The van der Waals surface area contributed by atoms with Gasteiger partial charge in [-0.3, -0.25) is 18.7 Å². The lowest BCUT2D eigenvalue weighted by Gasteiger charge is -2.30. The molecule has 55 heavy (non-hydrogen) atoms. The normalized spacial score (nSPS) is 20.4. The molecule has 1 unspecified atom stereocenters. The molecule has 2 aromatic carbocycles. The van der Waals surface area contributed by atoms with Crippen molar-refractivity contribution < 1.29 is 49.7 Å². The van der Waals surface area contributed by atoms with E-state index in [1.807, 2.05) is 55.5 Å². The average Bonchev–Trinajstić information content (AvgIpc) is 3.63. The molecule has 1 fully saturated rings. The zero-order chi connectivity index (χ0) is 40.2. The molecule has 3 heterocycles. The first kappa shape index (κ1) is 41.7. The number of amides is 2. The summed E-state index contributed by atoms with van der Waals surface area (Å²) in [7, 11) is -8.57. The summed E-state index contributed by atoms with van der Waals surface area (Å²) < 4.78 is 68.7. The number of hydrogen-bond donors (Lipinski definition) is 2. The lowest BCUT2D eigenvalue weighted by molar-refractivity contribution is -0.437. The number of carbonyl (C=O) groups is 3. The highest BCUT2D eigenvalue weighted by Crippen LogP contribution is 2.51. The lowest BCUT2D eigenvalue weighted by Crippen LogP contribution is -2.32. The first-order chi connectivity index (χ1) is 25.9. The summed E-state index contributed by atoms with van der Waals surface area (Å²) in [5.74, 6) is -2.06. The summed E-state index contributed by atoms with van der Waals surface area (Å²) in [6.45, 7) is 9.39. The minimum atomic E-state index is -4.47. The minimum absolute atomic E-state index is 0.0227. The van der Waals surface area contributed by atoms with Gasteiger partial charge in [-0.2, -0.15) is 21.4 Å². The number of imide groups is 1. The van der Waals surface area contributed by atoms with Gasteiger partial charge < -0.3 is 9.74 Å². The van der Waals surface area contributed by atoms with E-state index < -0.39 is 43.4 Å². The fourth-order valence-corrected chi connectivity index (χ4v) is 8.79. The molecule has 0 bridgehead atoms. The fourth-order valence-electron chi connectivity index (χ4n) is 7.79. The van der Waals surface area contributed by atoms with Crippen LogP contribution >= 0.6 is 0 Å². The Kier molecular flexibility index (Phi) is 12.7. The van der Waals surface area contributed by atoms with Crippen molar-refractivity contribution in [3.05, 3.63) is 89.7 Å². The van der Waals surface area contributed by atoms with E-state index in [1.54, 1.807) is 6.07 Å². The second kappa shape index (κ2) is 16.7. The van der Waals surface area contributed by atoms with Crippen LogP contribution in [0.2, 0.25) is 0 Å². The topological polar surface area (TPSA) is 179 Å². The molecule has 15 heteroatoms. The zero-order valence-electron chi connectivity index (χ0n) is 31.7. The Balaban J connectivity index is 1.39. The van der Waals surface area contributed by atoms with E-state index in [0.29, 0.717) is 43.8 Å². The van der Waals surface area contributed by atoms with Crippen LogP contribution in [-0.2, 0) is 50.3 Å². The van der Waals surface area contributed by atoms with Crippen molar-refractivity contribution >= 4 is 55.1 Å². The molecule has 2 amide bonds. The molecular formula is C40H50N3O10S2+. The molecule has 0 aromatic heterocycles. The minimum Gasteiger partial charge on any atom is -0.344 e. The number of para-hydroxylation sites is 1. The molecule has 0 aliphatic carbocycles. The summed E-state index contributed by atoms with van der Waals surface area (Å²) in [6.07, 6.45) is 13.2.